The maximum Gasteiger partial charge on any atom is 0.324 e. The van der Waals surface area contributed by atoms with Crippen LogP contribution < -0.4 is 5.32 Å². The molecule has 0 aromatic rings. The summed E-state index contributed by atoms with van der Waals surface area (Å²) in [5.41, 5.74) is 0. The molecule has 2 nitrogen and oxygen atoms in total. The molecule has 1 aliphatic rings. The van der Waals surface area contributed by atoms with Crippen LogP contribution in [0.4, 0.5) is 17.6 Å². The van der Waals surface area contributed by atoms with Crippen molar-refractivity contribution in [1.29, 1.82) is 0 Å². The van der Waals surface area contributed by atoms with Crippen LogP contribution in [0.1, 0.15) is 13.3 Å². The summed E-state index contributed by atoms with van der Waals surface area (Å²) >= 11 is 1.32. The summed E-state index contributed by atoms with van der Waals surface area (Å²) in [5.74, 6) is -3.99. The Morgan fingerprint density at radius 2 is 2.27 bits per heavy atom. The number of halogens is 4. The topological polar surface area (TPSA) is 24.4 Å². The van der Waals surface area contributed by atoms with E-state index in [1.54, 1.807) is 0 Å². The summed E-state index contributed by atoms with van der Waals surface area (Å²) in [6.45, 7) is 1.46. The van der Waals surface area contributed by atoms with Gasteiger partial charge in [0.1, 0.15) is 0 Å². The standard InChI is InChI=1S/C8H12F4N2S/c1-2-5-3-13-7(15-5)14-4-8(11,12)6(9)10/h5-6H,2-4H2,1H3,(H,13,14). The molecule has 0 aliphatic carbocycles. The third-order valence-electron chi connectivity index (χ3n) is 1.97. The van der Waals surface area contributed by atoms with Crippen molar-refractivity contribution in [3.05, 3.63) is 0 Å². The second-order valence-electron chi connectivity index (χ2n) is 3.21. The molecule has 1 unspecified atom stereocenters. The molecule has 1 aliphatic heterocycles. The van der Waals surface area contributed by atoms with Crippen molar-refractivity contribution in [2.24, 2.45) is 4.99 Å². The first kappa shape index (κ1) is 12.6. The van der Waals surface area contributed by atoms with Crippen LogP contribution in [0.3, 0.4) is 0 Å². The van der Waals surface area contributed by atoms with Crippen molar-refractivity contribution < 1.29 is 17.6 Å². The first-order valence-electron chi connectivity index (χ1n) is 4.56. The molecule has 0 bridgehead atoms. The van der Waals surface area contributed by atoms with Crippen LogP contribution in [0.2, 0.25) is 0 Å². The molecule has 88 valence electrons. The van der Waals surface area contributed by atoms with E-state index >= 15 is 0 Å². The van der Waals surface area contributed by atoms with Gasteiger partial charge >= 0.3 is 12.3 Å². The quantitative estimate of drug-likeness (QED) is 0.768. The Labute approximate surface area is 89.5 Å². The van der Waals surface area contributed by atoms with Crippen molar-refractivity contribution in [3.8, 4) is 0 Å². The van der Waals surface area contributed by atoms with E-state index in [9.17, 15) is 17.6 Å². The van der Waals surface area contributed by atoms with Gasteiger partial charge in [-0.15, -0.1) is 0 Å². The monoisotopic (exact) mass is 244 g/mol. The molecule has 0 saturated carbocycles. The lowest BCUT2D eigenvalue weighted by atomic mass is 10.3. The lowest BCUT2D eigenvalue weighted by Gasteiger charge is -2.16. The average molecular weight is 244 g/mol. The van der Waals surface area contributed by atoms with Crippen molar-refractivity contribution in [2.45, 2.75) is 30.9 Å². The van der Waals surface area contributed by atoms with Gasteiger partial charge in [0.05, 0.1) is 13.1 Å². The first-order valence-corrected chi connectivity index (χ1v) is 5.44. The second-order valence-corrected chi connectivity index (χ2v) is 4.50. The van der Waals surface area contributed by atoms with Crippen LogP contribution in [0, 0.1) is 0 Å². The van der Waals surface area contributed by atoms with E-state index in [-0.39, 0.29) is 5.25 Å². The number of thioether (sulfide) groups is 1. The lowest BCUT2D eigenvalue weighted by Crippen LogP contribution is -2.40. The van der Waals surface area contributed by atoms with Crippen LogP contribution in [-0.2, 0) is 0 Å². The molecule has 0 aromatic carbocycles. The van der Waals surface area contributed by atoms with E-state index in [4.69, 9.17) is 0 Å². The number of aliphatic imine (C=N–C) groups is 1. The van der Waals surface area contributed by atoms with Crippen LogP contribution in [0.5, 0.6) is 0 Å². The fraction of sp³-hybridized carbons (Fsp3) is 0.875. The molecule has 0 saturated heterocycles. The van der Waals surface area contributed by atoms with Gasteiger partial charge < -0.3 is 5.32 Å². The van der Waals surface area contributed by atoms with Crippen molar-refractivity contribution in [3.63, 3.8) is 0 Å². The minimum atomic E-state index is -3.99. The molecule has 15 heavy (non-hydrogen) atoms. The summed E-state index contributed by atoms with van der Waals surface area (Å²) in [4.78, 5) is 3.94. The highest BCUT2D eigenvalue weighted by molar-refractivity contribution is 8.14. The Morgan fingerprint density at radius 1 is 1.60 bits per heavy atom. The lowest BCUT2D eigenvalue weighted by molar-refractivity contribution is -0.122. The van der Waals surface area contributed by atoms with Crippen LogP contribution in [-0.4, -0.2) is 35.9 Å². The van der Waals surface area contributed by atoms with E-state index in [1.165, 1.54) is 11.8 Å². The molecule has 1 rings (SSSR count). The third kappa shape index (κ3) is 3.55. The zero-order chi connectivity index (χ0) is 11.5. The Bertz CT molecular complexity index is 245. The largest absolute Gasteiger partial charge is 0.359 e. The molecule has 0 fully saturated rings. The zero-order valence-corrected chi connectivity index (χ0v) is 8.96. The summed E-state index contributed by atoms with van der Waals surface area (Å²) in [6.07, 6.45) is -2.76. The predicted octanol–water partition coefficient (Wildman–Crippen LogP) is 2.36. The molecule has 0 aromatic heterocycles. The van der Waals surface area contributed by atoms with Gasteiger partial charge in [-0.1, -0.05) is 18.7 Å². The maximum atomic E-state index is 12.5. The summed E-state index contributed by atoms with van der Waals surface area (Å²) in [6, 6.07) is 0. The highest BCUT2D eigenvalue weighted by Gasteiger charge is 2.40. The number of hydrogen-bond donors (Lipinski definition) is 1. The van der Waals surface area contributed by atoms with Gasteiger partial charge in [-0.3, -0.25) is 4.99 Å². The number of amidine groups is 1. The maximum absolute atomic E-state index is 12.5. The molecule has 1 N–H and O–H groups in total. The predicted molar refractivity (Wildman–Crippen MR) is 52.9 cm³/mol. The van der Waals surface area contributed by atoms with Gasteiger partial charge in [0, 0.05) is 5.25 Å². The van der Waals surface area contributed by atoms with Crippen molar-refractivity contribution in [1.82, 2.24) is 5.32 Å². The Balaban J connectivity index is 2.33. The van der Waals surface area contributed by atoms with E-state index in [0.717, 1.165) is 6.42 Å². The normalized spacial score (nSPS) is 22.0. The number of alkyl halides is 4. The minimum Gasteiger partial charge on any atom is -0.359 e. The number of hydrogen-bond acceptors (Lipinski definition) is 3. The van der Waals surface area contributed by atoms with Gasteiger partial charge in [-0.05, 0) is 6.42 Å². The van der Waals surface area contributed by atoms with E-state index < -0.39 is 18.9 Å². The molecule has 7 heteroatoms. The van der Waals surface area contributed by atoms with E-state index in [1.807, 2.05) is 6.92 Å². The SMILES string of the molecule is CCC1CN=C(NCC(F)(F)C(F)F)S1. The molecular weight excluding hydrogens is 232 g/mol. The van der Waals surface area contributed by atoms with Crippen LogP contribution in [0.15, 0.2) is 4.99 Å². The molecule has 0 spiro atoms. The molecule has 1 heterocycles. The fourth-order valence-corrected chi connectivity index (χ4v) is 1.93. The number of nitrogens with one attached hydrogen (secondary N) is 1. The summed E-state index contributed by atoms with van der Waals surface area (Å²) in [7, 11) is 0. The number of nitrogens with zero attached hydrogens (tertiary/aromatic N) is 1. The molecular formula is C8H12F4N2S. The smallest absolute Gasteiger partial charge is 0.324 e. The number of rotatable bonds is 4. The minimum absolute atomic E-state index is 0.271. The molecule has 1 atom stereocenters. The summed E-state index contributed by atoms with van der Waals surface area (Å²) in [5, 5.41) is 2.86. The van der Waals surface area contributed by atoms with Crippen molar-refractivity contribution >= 4 is 16.9 Å². The van der Waals surface area contributed by atoms with Gasteiger partial charge in [0.2, 0.25) is 0 Å². The zero-order valence-electron chi connectivity index (χ0n) is 8.14. The van der Waals surface area contributed by atoms with Gasteiger partial charge in [-0.2, -0.15) is 8.78 Å². The molecule has 0 radical (unpaired) electrons. The first-order chi connectivity index (χ1) is 6.95. The Morgan fingerprint density at radius 3 is 2.73 bits per heavy atom. The highest BCUT2D eigenvalue weighted by Crippen LogP contribution is 2.25. The second kappa shape index (κ2) is 5.05. The van der Waals surface area contributed by atoms with Crippen molar-refractivity contribution in [2.75, 3.05) is 13.1 Å². The Kier molecular flexibility index (Phi) is 4.24. The summed E-state index contributed by atoms with van der Waals surface area (Å²) < 4.78 is 48.6. The van der Waals surface area contributed by atoms with E-state index in [2.05, 4.69) is 10.3 Å². The third-order valence-corrected chi connectivity index (χ3v) is 3.28. The average Bonchev–Trinajstić information content (AvgIpc) is 2.62. The Hall–Kier alpha value is -0.460. The molecule has 0 amide bonds. The van der Waals surface area contributed by atoms with Crippen LogP contribution >= 0.6 is 11.8 Å². The van der Waals surface area contributed by atoms with Gasteiger partial charge in [-0.25, -0.2) is 8.78 Å². The van der Waals surface area contributed by atoms with Gasteiger partial charge in [0.25, 0.3) is 0 Å². The fourth-order valence-electron chi connectivity index (χ4n) is 0.998. The highest BCUT2D eigenvalue weighted by atomic mass is 32.2. The van der Waals surface area contributed by atoms with Gasteiger partial charge in [0.15, 0.2) is 5.17 Å². The van der Waals surface area contributed by atoms with Crippen LogP contribution in [0.25, 0.3) is 0 Å². The van der Waals surface area contributed by atoms with E-state index in [0.29, 0.717) is 11.7 Å².